The van der Waals surface area contributed by atoms with E-state index in [0.29, 0.717) is 6.04 Å². The van der Waals surface area contributed by atoms with E-state index in [-0.39, 0.29) is 0 Å². The summed E-state index contributed by atoms with van der Waals surface area (Å²) < 4.78 is 1.15. The van der Waals surface area contributed by atoms with Gasteiger partial charge in [0.25, 0.3) is 0 Å². The third-order valence-corrected chi connectivity index (χ3v) is 4.77. The van der Waals surface area contributed by atoms with Crippen molar-refractivity contribution in [2.75, 3.05) is 37.4 Å². The van der Waals surface area contributed by atoms with Crippen LogP contribution in [0.25, 0.3) is 0 Å². The van der Waals surface area contributed by atoms with E-state index in [1.807, 2.05) is 31.3 Å². The molecular formula is C18H24BrN5. The minimum absolute atomic E-state index is 0.480. The fourth-order valence-corrected chi connectivity index (χ4v) is 3.43. The number of piperidine rings is 1. The molecule has 1 aromatic carbocycles. The van der Waals surface area contributed by atoms with Crippen molar-refractivity contribution in [3.05, 3.63) is 46.6 Å². The van der Waals surface area contributed by atoms with Gasteiger partial charge in [0.1, 0.15) is 5.82 Å². The second kappa shape index (κ2) is 7.94. The summed E-state index contributed by atoms with van der Waals surface area (Å²) in [5, 5.41) is 3.56. The van der Waals surface area contributed by atoms with E-state index in [9.17, 15) is 0 Å². The van der Waals surface area contributed by atoms with E-state index in [4.69, 9.17) is 0 Å². The molecule has 1 saturated heterocycles. The molecule has 3 rings (SSSR count). The van der Waals surface area contributed by atoms with Crippen molar-refractivity contribution in [1.82, 2.24) is 14.9 Å². The zero-order valence-corrected chi connectivity index (χ0v) is 15.8. The number of hydrogen-bond acceptors (Lipinski definition) is 5. The van der Waals surface area contributed by atoms with Crippen molar-refractivity contribution in [1.29, 1.82) is 0 Å². The number of halogens is 1. The highest BCUT2D eigenvalue weighted by Gasteiger charge is 2.19. The Morgan fingerprint density at radius 2 is 2.04 bits per heavy atom. The van der Waals surface area contributed by atoms with Crippen molar-refractivity contribution in [2.24, 2.45) is 0 Å². The number of nitrogens with zero attached hydrogens (tertiary/aromatic N) is 4. The maximum absolute atomic E-state index is 4.55. The van der Waals surface area contributed by atoms with Gasteiger partial charge < -0.3 is 10.2 Å². The topological polar surface area (TPSA) is 44.3 Å². The van der Waals surface area contributed by atoms with Crippen LogP contribution in [-0.4, -0.2) is 48.1 Å². The quantitative estimate of drug-likeness (QED) is 0.848. The first-order chi connectivity index (χ1) is 11.6. The van der Waals surface area contributed by atoms with E-state index in [1.165, 1.54) is 5.56 Å². The Labute approximate surface area is 152 Å². The molecule has 0 amide bonds. The van der Waals surface area contributed by atoms with Crippen LogP contribution in [0.5, 0.6) is 0 Å². The van der Waals surface area contributed by atoms with Gasteiger partial charge in [0.05, 0.1) is 0 Å². The minimum Gasteiger partial charge on any atom is -0.367 e. The standard InChI is InChI=1S/C18H24BrN5/c1-23(2)18-20-9-6-17(22-18)21-16-7-10-24(11-8-16)13-14-4-3-5-15(19)12-14/h3-6,9,12,16H,7-8,10-11,13H2,1-2H3,(H,20,21,22). The summed E-state index contributed by atoms with van der Waals surface area (Å²) in [7, 11) is 3.92. The smallest absolute Gasteiger partial charge is 0.226 e. The molecule has 2 aromatic rings. The number of hydrogen-bond donors (Lipinski definition) is 1. The Hall–Kier alpha value is -1.66. The molecule has 1 aliphatic heterocycles. The molecule has 2 heterocycles. The average molecular weight is 390 g/mol. The van der Waals surface area contributed by atoms with Crippen LogP contribution in [-0.2, 0) is 6.54 Å². The predicted molar refractivity (Wildman–Crippen MR) is 102 cm³/mol. The lowest BCUT2D eigenvalue weighted by atomic mass is 10.0. The maximum Gasteiger partial charge on any atom is 0.226 e. The molecule has 0 atom stereocenters. The average Bonchev–Trinajstić information content (AvgIpc) is 2.57. The number of rotatable bonds is 5. The van der Waals surface area contributed by atoms with Crippen LogP contribution in [0, 0.1) is 0 Å². The minimum atomic E-state index is 0.480. The van der Waals surface area contributed by atoms with Gasteiger partial charge in [0.15, 0.2) is 0 Å². The number of benzene rings is 1. The van der Waals surface area contributed by atoms with Crippen molar-refractivity contribution in [3.8, 4) is 0 Å². The van der Waals surface area contributed by atoms with Gasteiger partial charge in [0.2, 0.25) is 5.95 Å². The molecule has 0 unspecified atom stereocenters. The Morgan fingerprint density at radius 1 is 1.25 bits per heavy atom. The first kappa shape index (κ1) is 17.2. The summed E-state index contributed by atoms with van der Waals surface area (Å²) in [6, 6.07) is 11.0. The maximum atomic E-state index is 4.55. The van der Waals surface area contributed by atoms with Crippen molar-refractivity contribution in [2.45, 2.75) is 25.4 Å². The first-order valence-corrected chi connectivity index (χ1v) is 9.13. The zero-order chi connectivity index (χ0) is 16.9. The summed E-state index contributed by atoms with van der Waals surface area (Å²) in [6.45, 7) is 3.23. The van der Waals surface area contributed by atoms with E-state index < -0.39 is 0 Å². The third-order valence-electron chi connectivity index (χ3n) is 4.28. The van der Waals surface area contributed by atoms with Crippen LogP contribution >= 0.6 is 15.9 Å². The SMILES string of the molecule is CN(C)c1nccc(NC2CCN(Cc3cccc(Br)c3)CC2)n1. The second-order valence-electron chi connectivity index (χ2n) is 6.46. The van der Waals surface area contributed by atoms with Gasteiger partial charge >= 0.3 is 0 Å². The molecule has 128 valence electrons. The van der Waals surface area contributed by atoms with Crippen LogP contribution < -0.4 is 10.2 Å². The Kier molecular flexibility index (Phi) is 5.68. The van der Waals surface area contributed by atoms with Crippen LogP contribution in [0.4, 0.5) is 11.8 Å². The lowest BCUT2D eigenvalue weighted by Crippen LogP contribution is -2.38. The Morgan fingerprint density at radius 3 is 2.75 bits per heavy atom. The normalized spacial score (nSPS) is 16.1. The van der Waals surface area contributed by atoms with Crippen molar-refractivity contribution < 1.29 is 0 Å². The van der Waals surface area contributed by atoms with Gasteiger partial charge in [-0.2, -0.15) is 4.98 Å². The third kappa shape index (κ3) is 4.68. The summed E-state index contributed by atoms with van der Waals surface area (Å²) in [5.41, 5.74) is 1.36. The highest BCUT2D eigenvalue weighted by atomic mass is 79.9. The van der Waals surface area contributed by atoms with Crippen molar-refractivity contribution in [3.63, 3.8) is 0 Å². The number of likely N-dealkylation sites (tertiary alicyclic amines) is 1. The molecule has 1 aromatic heterocycles. The predicted octanol–water partition coefficient (Wildman–Crippen LogP) is 3.38. The van der Waals surface area contributed by atoms with Gasteiger partial charge in [-0.15, -0.1) is 0 Å². The molecule has 5 nitrogen and oxygen atoms in total. The number of nitrogens with one attached hydrogen (secondary N) is 1. The largest absolute Gasteiger partial charge is 0.367 e. The molecule has 6 heteroatoms. The number of aromatic nitrogens is 2. The fourth-order valence-electron chi connectivity index (χ4n) is 2.98. The van der Waals surface area contributed by atoms with Crippen molar-refractivity contribution >= 4 is 27.7 Å². The van der Waals surface area contributed by atoms with Gasteiger partial charge in [-0.25, -0.2) is 4.98 Å². The molecule has 1 N–H and O–H groups in total. The van der Waals surface area contributed by atoms with Gasteiger partial charge in [-0.1, -0.05) is 28.1 Å². The van der Waals surface area contributed by atoms with Crippen LogP contribution in [0.15, 0.2) is 41.0 Å². The van der Waals surface area contributed by atoms with Crippen LogP contribution in [0.1, 0.15) is 18.4 Å². The molecule has 0 radical (unpaired) electrons. The highest BCUT2D eigenvalue weighted by molar-refractivity contribution is 9.10. The van der Waals surface area contributed by atoms with E-state index in [2.05, 4.69) is 60.4 Å². The highest BCUT2D eigenvalue weighted by Crippen LogP contribution is 2.19. The van der Waals surface area contributed by atoms with E-state index >= 15 is 0 Å². The molecule has 0 bridgehead atoms. The summed E-state index contributed by atoms with van der Waals surface area (Å²) in [4.78, 5) is 13.2. The lowest BCUT2D eigenvalue weighted by Gasteiger charge is -2.32. The molecule has 24 heavy (non-hydrogen) atoms. The Balaban J connectivity index is 1.51. The van der Waals surface area contributed by atoms with Crippen LogP contribution in [0.2, 0.25) is 0 Å². The summed E-state index contributed by atoms with van der Waals surface area (Å²) in [6.07, 6.45) is 4.08. The first-order valence-electron chi connectivity index (χ1n) is 8.34. The van der Waals surface area contributed by atoms with E-state index in [0.717, 1.165) is 48.7 Å². The zero-order valence-electron chi connectivity index (χ0n) is 14.2. The second-order valence-corrected chi connectivity index (χ2v) is 7.38. The molecule has 0 aliphatic carbocycles. The summed E-state index contributed by atoms with van der Waals surface area (Å²) in [5.74, 6) is 1.66. The van der Waals surface area contributed by atoms with Crippen LogP contribution in [0.3, 0.4) is 0 Å². The molecule has 1 aliphatic rings. The van der Waals surface area contributed by atoms with Gasteiger partial charge in [0, 0.05) is 50.4 Å². The monoisotopic (exact) mass is 389 g/mol. The Bertz CT molecular complexity index is 668. The van der Waals surface area contributed by atoms with E-state index in [1.54, 1.807) is 0 Å². The van der Waals surface area contributed by atoms with Gasteiger partial charge in [-0.3, -0.25) is 4.90 Å². The molecular weight excluding hydrogens is 366 g/mol. The lowest BCUT2D eigenvalue weighted by molar-refractivity contribution is 0.211. The fraction of sp³-hybridized carbons (Fsp3) is 0.444. The molecule has 0 spiro atoms. The van der Waals surface area contributed by atoms with Gasteiger partial charge in [-0.05, 0) is 36.6 Å². The number of anilines is 2. The molecule has 1 fully saturated rings. The summed E-state index contributed by atoms with van der Waals surface area (Å²) >= 11 is 3.55. The molecule has 0 saturated carbocycles.